The Morgan fingerprint density at radius 1 is 1.41 bits per heavy atom. The molecule has 22 heavy (non-hydrogen) atoms. The number of nitrogens with one attached hydrogen (secondary N) is 1. The van der Waals surface area contributed by atoms with Crippen molar-refractivity contribution in [3.05, 3.63) is 30.1 Å². The fraction of sp³-hybridized carbons (Fsp3) is 0.429. The van der Waals surface area contributed by atoms with Gasteiger partial charge in [0.2, 0.25) is 5.91 Å². The van der Waals surface area contributed by atoms with Crippen LogP contribution >= 0.6 is 12.4 Å². The molecule has 1 aromatic heterocycles. The molecule has 8 heteroatoms. The molecule has 0 bridgehead atoms. The predicted octanol–water partition coefficient (Wildman–Crippen LogP) is 1.46. The Hall–Kier alpha value is -1.99. The van der Waals surface area contributed by atoms with Crippen molar-refractivity contribution in [2.24, 2.45) is 11.7 Å². The first kappa shape index (κ1) is 16.4. The highest BCUT2D eigenvalue weighted by Crippen LogP contribution is 2.26. The van der Waals surface area contributed by atoms with Crippen LogP contribution in [0.15, 0.2) is 24.5 Å². The molecule has 0 radical (unpaired) electrons. The van der Waals surface area contributed by atoms with Crippen LogP contribution in [0.3, 0.4) is 0 Å². The minimum atomic E-state index is 0. The molecule has 118 valence electrons. The summed E-state index contributed by atoms with van der Waals surface area (Å²) in [4.78, 5) is 12.2. The Labute approximate surface area is 134 Å². The molecule has 0 saturated heterocycles. The molecule has 0 spiro atoms. The van der Waals surface area contributed by atoms with E-state index in [-0.39, 0.29) is 30.3 Å². The van der Waals surface area contributed by atoms with Crippen LogP contribution < -0.4 is 11.1 Å². The number of halogens is 1. The molecular formula is C14H19ClN6O. The summed E-state index contributed by atoms with van der Waals surface area (Å²) in [5, 5.41) is 14.1. The molecule has 3 N–H and O–H groups in total. The summed E-state index contributed by atoms with van der Waals surface area (Å²) < 4.78 is 1.58. The van der Waals surface area contributed by atoms with Gasteiger partial charge in [-0.1, -0.05) is 6.07 Å². The van der Waals surface area contributed by atoms with Gasteiger partial charge in [0.1, 0.15) is 6.33 Å². The number of amides is 1. The molecule has 2 aromatic rings. The van der Waals surface area contributed by atoms with E-state index in [0.717, 1.165) is 36.2 Å². The lowest BCUT2D eigenvalue weighted by molar-refractivity contribution is -0.119. The average molecular weight is 323 g/mol. The Bertz CT molecular complexity index is 645. The van der Waals surface area contributed by atoms with E-state index < -0.39 is 0 Å². The fourth-order valence-corrected chi connectivity index (χ4v) is 2.70. The van der Waals surface area contributed by atoms with Crippen molar-refractivity contribution in [2.75, 3.05) is 5.32 Å². The van der Waals surface area contributed by atoms with Gasteiger partial charge in [-0.2, -0.15) is 0 Å². The number of nitrogens with zero attached hydrogens (tertiary/aromatic N) is 4. The topological polar surface area (TPSA) is 98.7 Å². The van der Waals surface area contributed by atoms with E-state index in [1.54, 1.807) is 4.68 Å². The lowest BCUT2D eigenvalue weighted by Crippen LogP contribution is -2.23. The second-order valence-corrected chi connectivity index (χ2v) is 5.51. The van der Waals surface area contributed by atoms with Crippen molar-refractivity contribution < 1.29 is 4.79 Å². The van der Waals surface area contributed by atoms with Crippen molar-refractivity contribution in [1.29, 1.82) is 0 Å². The maximum absolute atomic E-state index is 12.2. The summed E-state index contributed by atoms with van der Waals surface area (Å²) in [6, 6.07) is 5.84. The van der Waals surface area contributed by atoms with Gasteiger partial charge in [-0.05, 0) is 54.3 Å². The number of aromatic nitrogens is 4. The number of nitrogens with two attached hydrogens (primary N) is 1. The molecule has 1 saturated carbocycles. The summed E-state index contributed by atoms with van der Waals surface area (Å²) in [6.45, 7) is 1.97. The van der Waals surface area contributed by atoms with Crippen LogP contribution in [-0.2, 0) is 4.79 Å². The summed E-state index contributed by atoms with van der Waals surface area (Å²) in [6.07, 6.45) is 4.07. The summed E-state index contributed by atoms with van der Waals surface area (Å²) >= 11 is 0. The monoisotopic (exact) mass is 322 g/mol. The van der Waals surface area contributed by atoms with E-state index in [9.17, 15) is 4.79 Å². The van der Waals surface area contributed by atoms with Crippen LogP contribution in [0.2, 0.25) is 0 Å². The zero-order valence-electron chi connectivity index (χ0n) is 12.3. The molecule has 1 heterocycles. The van der Waals surface area contributed by atoms with Gasteiger partial charge in [-0.25, -0.2) is 4.68 Å². The van der Waals surface area contributed by atoms with Gasteiger partial charge in [-0.3, -0.25) is 4.79 Å². The smallest absolute Gasteiger partial charge is 0.227 e. The Balaban J connectivity index is 0.00000176. The maximum atomic E-state index is 12.2. The summed E-state index contributed by atoms with van der Waals surface area (Å²) in [5.74, 6) is 0.0484. The van der Waals surface area contributed by atoms with Crippen LogP contribution in [0.4, 0.5) is 5.69 Å². The molecule has 1 fully saturated rings. The molecule has 0 aliphatic heterocycles. The minimum Gasteiger partial charge on any atom is -0.328 e. The number of carbonyl (C=O) groups excluding carboxylic acids is 1. The highest BCUT2D eigenvalue weighted by atomic mass is 35.5. The van der Waals surface area contributed by atoms with Crippen LogP contribution in [-0.4, -0.2) is 32.2 Å². The van der Waals surface area contributed by atoms with E-state index in [4.69, 9.17) is 5.73 Å². The second kappa shape index (κ2) is 6.85. The number of hydrogen-bond acceptors (Lipinski definition) is 5. The molecule has 1 aliphatic carbocycles. The normalized spacial score (nSPS) is 20.5. The first-order valence-corrected chi connectivity index (χ1v) is 7.04. The summed E-state index contributed by atoms with van der Waals surface area (Å²) in [7, 11) is 0. The van der Waals surface area contributed by atoms with Crippen LogP contribution in [0.1, 0.15) is 24.8 Å². The molecule has 2 unspecified atom stereocenters. The average Bonchev–Trinajstić information content (AvgIpc) is 3.12. The lowest BCUT2D eigenvalue weighted by atomic mass is 10.1. The standard InChI is InChI=1S/C14H18N6O.ClH/c1-9-2-5-12(7-13(9)20-8-16-18-19-20)17-14(21)10-3-4-11(15)6-10;/h2,5,7-8,10-11H,3-4,6,15H2,1H3,(H,17,21);1H. The molecule has 7 nitrogen and oxygen atoms in total. The molecule has 2 atom stereocenters. The number of rotatable bonds is 3. The quantitative estimate of drug-likeness (QED) is 0.891. The number of tetrazole rings is 1. The number of benzene rings is 1. The first-order valence-electron chi connectivity index (χ1n) is 7.04. The van der Waals surface area contributed by atoms with Gasteiger partial charge in [-0.15, -0.1) is 17.5 Å². The number of aryl methyl sites for hydroxylation is 1. The lowest BCUT2D eigenvalue weighted by Gasteiger charge is -2.12. The van der Waals surface area contributed by atoms with Gasteiger partial charge in [0, 0.05) is 17.6 Å². The van der Waals surface area contributed by atoms with Crippen molar-refractivity contribution in [3.8, 4) is 5.69 Å². The molecule has 1 amide bonds. The Morgan fingerprint density at radius 3 is 2.86 bits per heavy atom. The zero-order chi connectivity index (χ0) is 14.8. The van der Waals surface area contributed by atoms with Crippen LogP contribution in [0, 0.1) is 12.8 Å². The Kier molecular flexibility index (Phi) is 5.10. The third-order valence-electron chi connectivity index (χ3n) is 3.92. The van der Waals surface area contributed by atoms with E-state index in [1.807, 2.05) is 25.1 Å². The SMILES string of the molecule is Cc1ccc(NC(=O)C2CCC(N)C2)cc1-n1cnnn1.Cl. The number of hydrogen-bond donors (Lipinski definition) is 2. The van der Waals surface area contributed by atoms with E-state index in [0.29, 0.717) is 0 Å². The minimum absolute atomic E-state index is 0. The highest BCUT2D eigenvalue weighted by molar-refractivity contribution is 5.93. The van der Waals surface area contributed by atoms with Crippen molar-refractivity contribution in [1.82, 2.24) is 20.2 Å². The number of anilines is 1. The third-order valence-corrected chi connectivity index (χ3v) is 3.92. The molecule has 1 aliphatic rings. The van der Waals surface area contributed by atoms with Crippen LogP contribution in [0.25, 0.3) is 5.69 Å². The number of carbonyl (C=O) groups is 1. The van der Waals surface area contributed by atoms with E-state index >= 15 is 0 Å². The third kappa shape index (κ3) is 3.42. The maximum Gasteiger partial charge on any atom is 0.227 e. The molecule has 1 aromatic carbocycles. The van der Waals surface area contributed by atoms with Gasteiger partial charge in [0.15, 0.2) is 0 Å². The fourth-order valence-electron chi connectivity index (χ4n) is 2.70. The zero-order valence-corrected chi connectivity index (χ0v) is 13.1. The summed E-state index contributed by atoms with van der Waals surface area (Å²) in [5.41, 5.74) is 8.48. The molecule has 3 rings (SSSR count). The Morgan fingerprint density at radius 2 is 2.23 bits per heavy atom. The van der Waals surface area contributed by atoms with Crippen molar-refractivity contribution in [3.63, 3.8) is 0 Å². The largest absolute Gasteiger partial charge is 0.328 e. The predicted molar refractivity (Wildman–Crippen MR) is 85.1 cm³/mol. The van der Waals surface area contributed by atoms with Crippen LogP contribution in [0.5, 0.6) is 0 Å². The highest BCUT2D eigenvalue weighted by Gasteiger charge is 2.27. The van der Waals surface area contributed by atoms with E-state index in [1.165, 1.54) is 6.33 Å². The molecular weight excluding hydrogens is 304 g/mol. The van der Waals surface area contributed by atoms with Crippen molar-refractivity contribution >= 4 is 24.0 Å². The van der Waals surface area contributed by atoms with Gasteiger partial charge in [0.05, 0.1) is 5.69 Å². The van der Waals surface area contributed by atoms with Gasteiger partial charge in [0.25, 0.3) is 0 Å². The van der Waals surface area contributed by atoms with Gasteiger partial charge >= 0.3 is 0 Å². The van der Waals surface area contributed by atoms with Crippen molar-refractivity contribution in [2.45, 2.75) is 32.2 Å². The second-order valence-electron chi connectivity index (χ2n) is 5.51. The van der Waals surface area contributed by atoms with Gasteiger partial charge < -0.3 is 11.1 Å². The van der Waals surface area contributed by atoms with E-state index in [2.05, 4.69) is 20.8 Å². The first-order chi connectivity index (χ1) is 10.1.